The molecule has 3 rings (SSSR count). The molecule has 118 valence electrons. The summed E-state index contributed by atoms with van der Waals surface area (Å²) < 4.78 is 32.4. The van der Waals surface area contributed by atoms with Crippen molar-refractivity contribution in [3.05, 3.63) is 71.7 Å². The molecule has 7 heteroatoms. The van der Waals surface area contributed by atoms with E-state index in [1.54, 1.807) is 36.9 Å². The third-order valence-corrected chi connectivity index (χ3v) is 5.09. The molecule has 2 heterocycles. The van der Waals surface area contributed by atoms with Crippen LogP contribution in [0, 0.1) is 0 Å². The zero-order chi connectivity index (χ0) is 16.3. The van der Waals surface area contributed by atoms with Crippen LogP contribution in [0.4, 0.5) is 0 Å². The first-order valence-corrected chi connectivity index (χ1v) is 8.64. The minimum absolute atomic E-state index is 0.0526. The quantitative estimate of drug-likeness (QED) is 0.766. The van der Waals surface area contributed by atoms with Gasteiger partial charge in [-0.1, -0.05) is 23.7 Å². The number of nitrogens with one attached hydrogen (secondary N) is 1. The standard InChI is InChI=1S/C16H13ClN2O3S/c17-14-4-1-2-6-16(14)23(20,21)19-10-12-8-13(11-18-9-12)15-5-3-7-22-15/h1-9,11,19H,10H2. The first kappa shape index (κ1) is 15.7. The molecule has 1 aromatic carbocycles. The van der Waals surface area contributed by atoms with Crippen molar-refractivity contribution in [2.75, 3.05) is 0 Å². The van der Waals surface area contributed by atoms with E-state index in [1.165, 1.54) is 12.1 Å². The van der Waals surface area contributed by atoms with Crippen molar-refractivity contribution in [2.24, 2.45) is 0 Å². The van der Waals surface area contributed by atoms with Gasteiger partial charge in [0.1, 0.15) is 10.7 Å². The normalized spacial score (nSPS) is 11.5. The summed E-state index contributed by atoms with van der Waals surface area (Å²) in [5, 5.41) is 0.183. The summed E-state index contributed by atoms with van der Waals surface area (Å²) in [6.45, 7) is 0.106. The van der Waals surface area contributed by atoms with Crippen molar-refractivity contribution < 1.29 is 12.8 Å². The fourth-order valence-corrected chi connectivity index (χ4v) is 3.62. The van der Waals surface area contributed by atoms with Crippen molar-refractivity contribution in [2.45, 2.75) is 11.4 Å². The van der Waals surface area contributed by atoms with Gasteiger partial charge >= 0.3 is 0 Å². The van der Waals surface area contributed by atoms with E-state index >= 15 is 0 Å². The summed E-state index contributed by atoms with van der Waals surface area (Å²) in [7, 11) is -3.69. The van der Waals surface area contributed by atoms with Gasteiger partial charge in [-0.25, -0.2) is 13.1 Å². The van der Waals surface area contributed by atoms with Crippen LogP contribution in [0.25, 0.3) is 11.3 Å². The monoisotopic (exact) mass is 348 g/mol. The van der Waals surface area contributed by atoms with Gasteiger partial charge in [0.05, 0.1) is 11.3 Å². The molecule has 0 saturated heterocycles. The van der Waals surface area contributed by atoms with Crippen LogP contribution in [0.2, 0.25) is 5.02 Å². The Balaban J connectivity index is 1.78. The molecule has 5 nitrogen and oxygen atoms in total. The average molecular weight is 349 g/mol. The third kappa shape index (κ3) is 3.61. The molecular weight excluding hydrogens is 336 g/mol. The molecule has 0 unspecified atom stereocenters. The number of hydrogen-bond donors (Lipinski definition) is 1. The minimum Gasteiger partial charge on any atom is -0.464 e. The number of benzene rings is 1. The molecule has 0 aliphatic carbocycles. The number of sulfonamides is 1. The van der Waals surface area contributed by atoms with E-state index in [4.69, 9.17) is 16.0 Å². The topological polar surface area (TPSA) is 72.2 Å². The number of furan rings is 1. The van der Waals surface area contributed by atoms with Gasteiger partial charge < -0.3 is 4.42 Å². The Morgan fingerprint density at radius 2 is 1.96 bits per heavy atom. The van der Waals surface area contributed by atoms with Crippen molar-refractivity contribution >= 4 is 21.6 Å². The summed E-state index contributed by atoms with van der Waals surface area (Å²) in [5.74, 6) is 0.674. The largest absolute Gasteiger partial charge is 0.464 e. The van der Waals surface area contributed by atoms with Crippen LogP contribution in [-0.4, -0.2) is 13.4 Å². The molecule has 23 heavy (non-hydrogen) atoms. The predicted octanol–water partition coefficient (Wildman–Crippen LogP) is 3.47. The number of halogens is 1. The molecule has 0 spiro atoms. The third-order valence-electron chi connectivity index (χ3n) is 3.19. The van der Waals surface area contributed by atoms with Crippen LogP contribution in [0.3, 0.4) is 0 Å². The Morgan fingerprint density at radius 3 is 2.70 bits per heavy atom. The first-order chi connectivity index (χ1) is 11.1. The Bertz CT molecular complexity index is 909. The molecule has 0 aliphatic heterocycles. The van der Waals surface area contributed by atoms with Crippen LogP contribution in [0.1, 0.15) is 5.56 Å². The summed E-state index contributed by atoms with van der Waals surface area (Å²) in [5.41, 5.74) is 1.50. The van der Waals surface area contributed by atoms with Crippen molar-refractivity contribution in [1.82, 2.24) is 9.71 Å². The molecule has 0 saturated carbocycles. The van der Waals surface area contributed by atoms with Gasteiger partial charge in [-0.3, -0.25) is 4.98 Å². The number of aromatic nitrogens is 1. The van der Waals surface area contributed by atoms with Gasteiger partial charge in [0, 0.05) is 24.5 Å². The van der Waals surface area contributed by atoms with Crippen LogP contribution in [0.5, 0.6) is 0 Å². The highest BCUT2D eigenvalue weighted by Crippen LogP contribution is 2.22. The van der Waals surface area contributed by atoms with Gasteiger partial charge in [0.25, 0.3) is 0 Å². The highest BCUT2D eigenvalue weighted by Gasteiger charge is 2.17. The second kappa shape index (κ2) is 6.54. The van der Waals surface area contributed by atoms with E-state index in [9.17, 15) is 8.42 Å². The van der Waals surface area contributed by atoms with Crippen molar-refractivity contribution in [1.29, 1.82) is 0 Å². The van der Waals surface area contributed by atoms with Gasteiger partial charge in [0.15, 0.2) is 0 Å². The molecule has 0 radical (unpaired) electrons. The van der Waals surface area contributed by atoms with Crippen LogP contribution >= 0.6 is 11.6 Å². The van der Waals surface area contributed by atoms with Crippen LogP contribution in [0.15, 0.2) is 70.4 Å². The summed E-state index contributed by atoms with van der Waals surface area (Å²) in [6.07, 6.45) is 4.83. The SMILES string of the molecule is O=S(=O)(NCc1cncc(-c2ccco2)c1)c1ccccc1Cl. The second-order valence-corrected chi connectivity index (χ2v) is 6.96. The molecule has 3 aromatic rings. The second-order valence-electron chi connectivity index (χ2n) is 4.81. The number of hydrogen-bond acceptors (Lipinski definition) is 4. The molecule has 1 N–H and O–H groups in total. The summed E-state index contributed by atoms with van der Waals surface area (Å²) in [6, 6.07) is 11.7. The molecule has 0 aliphatic rings. The van der Waals surface area contributed by atoms with E-state index in [1.807, 2.05) is 12.1 Å². The maximum Gasteiger partial charge on any atom is 0.242 e. The smallest absolute Gasteiger partial charge is 0.242 e. The van der Waals surface area contributed by atoms with E-state index in [2.05, 4.69) is 9.71 Å². The van der Waals surface area contributed by atoms with Gasteiger partial charge in [-0.05, 0) is 35.9 Å². The highest BCUT2D eigenvalue weighted by molar-refractivity contribution is 7.89. The fraction of sp³-hybridized carbons (Fsp3) is 0.0625. The maximum absolute atomic E-state index is 12.3. The molecule has 0 fully saturated rings. The Kier molecular flexibility index (Phi) is 4.47. The Hall–Kier alpha value is -2.15. The van der Waals surface area contributed by atoms with E-state index in [0.29, 0.717) is 5.76 Å². The minimum atomic E-state index is -3.69. The molecular formula is C16H13ClN2O3S. The lowest BCUT2D eigenvalue weighted by molar-refractivity contribution is 0.580. The van der Waals surface area contributed by atoms with Crippen molar-refractivity contribution in [3.63, 3.8) is 0 Å². The lowest BCUT2D eigenvalue weighted by atomic mass is 10.2. The highest BCUT2D eigenvalue weighted by atomic mass is 35.5. The zero-order valence-electron chi connectivity index (χ0n) is 11.9. The lowest BCUT2D eigenvalue weighted by Gasteiger charge is -2.08. The number of rotatable bonds is 5. The number of pyridine rings is 1. The first-order valence-electron chi connectivity index (χ1n) is 6.78. The predicted molar refractivity (Wildman–Crippen MR) is 87.4 cm³/mol. The Labute approximate surface area is 139 Å². The number of nitrogens with zero attached hydrogens (tertiary/aromatic N) is 1. The van der Waals surface area contributed by atoms with Crippen LogP contribution < -0.4 is 4.72 Å². The molecule has 0 atom stereocenters. The van der Waals surface area contributed by atoms with Gasteiger partial charge in [-0.15, -0.1) is 0 Å². The molecule has 0 amide bonds. The van der Waals surface area contributed by atoms with E-state index in [-0.39, 0.29) is 16.5 Å². The van der Waals surface area contributed by atoms with Crippen LogP contribution in [-0.2, 0) is 16.6 Å². The van der Waals surface area contributed by atoms with E-state index in [0.717, 1.165) is 11.1 Å². The lowest BCUT2D eigenvalue weighted by Crippen LogP contribution is -2.23. The average Bonchev–Trinajstić information content (AvgIpc) is 3.08. The fourth-order valence-electron chi connectivity index (χ4n) is 2.08. The molecule has 0 bridgehead atoms. The van der Waals surface area contributed by atoms with E-state index < -0.39 is 10.0 Å². The van der Waals surface area contributed by atoms with Crippen molar-refractivity contribution in [3.8, 4) is 11.3 Å². The summed E-state index contributed by atoms with van der Waals surface area (Å²) >= 11 is 5.94. The molecule has 2 aromatic heterocycles. The van der Waals surface area contributed by atoms with Gasteiger partial charge in [0.2, 0.25) is 10.0 Å². The van der Waals surface area contributed by atoms with Gasteiger partial charge in [-0.2, -0.15) is 0 Å². The zero-order valence-corrected chi connectivity index (χ0v) is 13.5. The maximum atomic E-state index is 12.3. The summed E-state index contributed by atoms with van der Waals surface area (Å²) in [4.78, 5) is 4.16. The Morgan fingerprint density at radius 1 is 1.13 bits per heavy atom.